The Morgan fingerprint density at radius 2 is 2.15 bits per heavy atom. The molecule has 0 radical (unpaired) electrons. The number of amides is 1. The van der Waals surface area contributed by atoms with E-state index in [1.807, 2.05) is 48.7 Å². The fraction of sp³-hybridized carbons (Fsp3) is 0.235. The van der Waals surface area contributed by atoms with Gasteiger partial charge in [0.15, 0.2) is 5.82 Å². The molecule has 136 valence electrons. The van der Waals surface area contributed by atoms with Crippen molar-refractivity contribution >= 4 is 29.0 Å². The SMILES string of the molecule is COc1ccccc1CNC(=O)C(C)Sc1nnc(-c2cccs2)n1N. The fourth-order valence-corrected chi connectivity index (χ4v) is 3.82. The van der Waals surface area contributed by atoms with E-state index in [2.05, 4.69) is 15.5 Å². The van der Waals surface area contributed by atoms with Gasteiger partial charge in [0.2, 0.25) is 11.1 Å². The predicted molar refractivity (Wildman–Crippen MR) is 104 cm³/mol. The molecule has 26 heavy (non-hydrogen) atoms. The van der Waals surface area contributed by atoms with E-state index in [0.717, 1.165) is 16.2 Å². The van der Waals surface area contributed by atoms with E-state index >= 15 is 0 Å². The van der Waals surface area contributed by atoms with Gasteiger partial charge in [-0.25, -0.2) is 4.68 Å². The van der Waals surface area contributed by atoms with Gasteiger partial charge in [-0.3, -0.25) is 4.79 Å². The maximum Gasteiger partial charge on any atom is 0.233 e. The van der Waals surface area contributed by atoms with Crippen LogP contribution in [0.15, 0.2) is 46.9 Å². The third-order valence-electron chi connectivity index (χ3n) is 3.70. The van der Waals surface area contributed by atoms with Crippen LogP contribution in [0, 0.1) is 0 Å². The number of thiophene rings is 1. The number of rotatable bonds is 7. The summed E-state index contributed by atoms with van der Waals surface area (Å²) in [6, 6.07) is 11.4. The van der Waals surface area contributed by atoms with Crippen LogP contribution in [0.25, 0.3) is 10.7 Å². The molecule has 0 spiro atoms. The Bertz CT molecular complexity index is 879. The number of benzene rings is 1. The third kappa shape index (κ3) is 4.00. The first-order chi connectivity index (χ1) is 12.6. The zero-order chi connectivity index (χ0) is 18.5. The topological polar surface area (TPSA) is 95.1 Å². The number of carbonyl (C=O) groups is 1. The molecular weight excluding hydrogens is 370 g/mol. The smallest absolute Gasteiger partial charge is 0.233 e. The van der Waals surface area contributed by atoms with Crippen LogP contribution in [-0.2, 0) is 11.3 Å². The summed E-state index contributed by atoms with van der Waals surface area (Å²) in [6.45, 7) is 2.20. The molecule has 0 aliphatic heterocycles. The predicted octanol–water partition coefficient (Wildman–Crippen LogP) is 2.53. The largest absolute Gasteiger partial charge is 0.496 e. The Balaban J connectivity index is 1.61. The lowest BCUT2D eigenvalue weighted by Crippen LogP contribution is -2.31. The molecule has 3 aromatic rings. The van der Waals surface area contributed by atoms with Crippen molar-refractivity contribution in [3.63, 3.8) is 0 Å². The molecule has 0 fully saturated rings. The Labute approximate surface area is 159 Å². The van der Waals surface area contributed by atoms with Crippen molar-refractivity contribution in [1.29, 1.82) is 0 Å². The number of nitrogen functional groups attached to an aromatic ring is 1. The van der Waals surface area contributed by atoms with Gasteiger partial charge in [0.25, 0.3) is 0 Å². The number of nitrogens with one attached hydrogen (secondary N) is 1. The molecule has 9 heteroatoms. The molecule has 7 nitrogen and oxygen atoms in total. The van der Waals surface area contributed by atoms with Crippen molar-refractivity contribution < 1.29 is 9.53 Å². The van der Waals surface area contributed by atoms with Gasteiger partial charge in [-0.1, -0.05) is 36.0 Å². The minimum Gasteiger partial charge on any atom is -0.496 e. The highest BCUT2D eigenvalue weighted by Crippen LogP contribution is 2.27. The van der Waals surface area contributed by atoms with E-state index in [1.165, 1.54) is 27.8 Å². The molecule has 0 bridgehead atoms. The molecular formula is C17H19N5O2S2. The molecule has 0 aliphatic rings. The Morgan fingerprint density at radius 1 is 1.35 bits per heavy atom. The highest BCUT2D eigenvalue weighted by Gasteiger charge is 2.20. The molecule has 2 aromatic heterocycles. The maximum absolute atomic E-state index is 12.4. The standard InChI is InChI=1S/C17H19N5O2S2/c1-11(16(23)19-10-12-6-3-4-7-13(12)24-2)26-17-21-20-15(22(17)18)14-8-5-9-25-14/h3-9,11H,10,18H2,1-2H3,(H,19,23). The number of ether oxygens (including phenoxy) is 1. The van der Waals surface area contributed by atoms with Crippen LogP contribution < -0.4 is 15.9 Å². The molecule has 0 saturated heterocycles. The number of hydrogen-bond acceptors (Lipinski definition) is 7. The van der Waals surface area contributed by atoms with Gasteiger partial charge in [-0.15, -0.1) is 21.5 Å². The number of carbonyl (C=O) groups excluding carboxylic acids is 1. The van der Waals surface area contributed by atoms with Gasteiger partial charge in [-0.2, -0.15) is 0 Å². The lowest BCUT2D eigenvalue weighted by Gasteiger charge is -2.13. The van der Waals surface area contributed by atoms with Crippen molar-refractivity contribution in [3.8, 4) is 16.5 Å². The van der Waals surface area contributed by atoms with Crippen LogP contribution >= 0.6 is 23.1 Å². The van der Waals surface area contributed by atoms with Crippen LogP contribution in [0.3, 0.4) is 0 Å². The van der Waals surface area contributed by atoms with Crippen LogP contribution in [0.1, 0.15) is 12.5 Å². The Hall–Kier alpha value is -2.52. The van der Waals surface area contributed by atoms with Gasteiger partial charge in [-0.05, 0) is 24.4 Å². The molecule has 0 saturated carbocycles. The second-order valence-electron chi connectivity index (χ2n) is 5.44. The summed E-state index contributed by atoms with van der Waals surface area (Å²) in [4.78, 5) is 13.3. The van der Waals surface area contributed by atoms with Crippen molar-refractivity contribution in [1.82, 2.24) is 20.2 Å². The highest BCUT2D eigenvalue weighted by atomic mass is 32.2. The normalized spacial score (nSPS) is 11.9. The van der Waals surface area contributed by atoms with E-state index < -0.39 is 0 Å². The minimum atomic E-state index is -0.368. The molecule has 1 atom stereocenters. The minimum absolute atomic E-state index is 0.110. The lowest BCUT2D eigenvalue weighted by atomic mass is 10.2. The quantitative estimate of drug-likeness (QED) is 0.476. The first-order valence-electron chi connectivity index (χ1n) is 7.90. The molecule has 3 N–H and O–H groups in total. The molecule has 1 aromatic carbocycles. The van der Waals surface area contributed by atoms with Crippen molar-refractivity contribution in [2.75, 3.05) is 13.0 Å². The lowest BCUT2D eigenvalue weighted by molar-refractivity contribution is -0.120. The number of nitrogens with two attached hydrogens (primary N) is 1. The maximum atomic E-state index is 12.4. The third-order valence-corrected chi connectivity index (χ3v) is 5.63. The first-order valence-corrected chi connectivity index (χ1v) is 9.66. The van der Waals surface area contributed by atoms with E-state index in [9.17, 15) is 4.79 Å². The number of hydrogen-bond donors (Lipinski definition) is 2. The highest BCUT2D eigenvalue weighted by molar-refractivity contribution is 8.00. The van der Waals surface area contributed by atoms with E-state index in [1.54, 1.807) is 7.11 Å². The van der Waals surface area contributed by atoms with Crippen LogP contribution in [0.2, 0.25) is 0 Å². The molecule has 2 heterocycles. The van der Waals surface area contributed by atoms with Gasteiger partial charge in [0, 0.05) is 12.1 Å². The second-order valence-corrected chi connectivity index (χ2v) is 7.70. The van der Waals surface area contributed by atoms with E-state index in [0.29, 0.717) is 17.5 Å². The molecule has 1 amide bonds. The van der Waals surface area contributed by atoms with Crippen molar-refractivity contribution in [2.45, 2.75) is 23.9 Å². The zero-order valence-corrected chi connectivity index (χ0v) is 16.0. The molecule has 1 unspecified atom stereocenters. The van der Waals surface area contributed by atoms with E-state index in [-0.39, 0.29) is 11.2 Å². The fourth-order valence-electron chi connectivity index (χ4n) is 2.32. The van der Waals surface area contributed by atoms with Gasteiger partial charge >= 0.3 is 0 Å². The zero-order valence-electron chi connectivity index (χ0n) is 14.4. The average molecular weight is 390 g/mol. The Morgan fingerprint density at radius 3 is 2.88 bits per heavy atom. The van der Waals surface area contributed by atoms with Crippen molar-refractivity contribution in [2.24, 2.45) is 0 Å². The van der Waals surface area contributed by atoms with Gasteiger partial charge in [0.1, 0.15) is 5.75 Å². The summed E-state index contributed by atoms with van der Waals surface area (Å²) in [5.74, 6) is 7.30. The summed E-state index contributed by atoms with van der Waals surface area (Å²) in [7, 11) is 1.61. The number of methoxy groups -OCH3 is 1. The number of thioether (sulfide) groups is 1. The second kappa shape index (κ2) is 8.24. The Kier molecular flexibility index (Phi) is 5.79. The number of aromatic nitrogens is 3. The molecule has 0 aliphatic carbocycles. The summed E-state index contributed by atoms with van der Waals surface area (Å²) in [5.41, 5.74) is 0.919. The van der Waals surface area contributed by atoms with E-state index in [4.69, 9.17) is 10.6 Å². The summed E-state index contributed by atoms with van der Waals surface area (Å²) in [5, 5.41) is 13.2. The number of nitrogens with zero attached hydrogens (tertiary/aromatic N) is 3. The molecule has 3 rings (SSSR count). The van der Waals surface area contributed by atoms with Gasteiger partial charge < -0.3 is 15.9 Å². The van der Waals surface area contributed by atoms with Gasteiger partial charge in [0.05, 0.1) is 17.2 Å². The first kappa shape index (κ1) is 18.3. The monoisotopic (exact) mass is 389 g/mol. The van der Waals surface area contributed by atoms with Crippen LogP contribution in [-0.4, -0.2) is 33.1 Å². The number of para-hydroxylation sites is 1. The summed E-state index contributed by atoms with van der Waals surface area (Å²) >= 11 is 2.80. The van der Waals surface area contributed by atoms with Crippen molar-refractivity contribution in [3.05, 3.63) is 47.3 Å². The average Bonchev–Trinajstić information content (AvgIpc) is 3.30. The summed E-state index contributed by atoms with van der Waals surface area (Å²) < 4.78 is 6.71. The summed E-state index contributed by atoms with van der Waals surface area (Å²) in [6.07, 6.45) is 0. The van der Waals surface area contributed by atoms with Crippen LogP contribution in [0.5, 0.6) is 5.75 Å². The van der Waals surface area contributed by atoms with Crippen LogP contribution in [0.4, 0.5) is 0 Å².